The lowest BCUT2D eigenvalue weighted by Crippen LogP contribution is -2.12. The van der Waals surface area contributed by atoms with E-state index in [0.29, 0.717) is 11.5 Å². The molecule has 0 aliphatic heterocycles. The van der Waals surface area contributed by atoms with Gasteiger partial charge in [-0.3, -0.25) is 0 Å². The molecule has 3 N–H and O–H groups in total. The van der Waals surface area contributed by atoms with Crippen LogP contribution in [0.25, 0.3) is 0 Å². The van der Waals surface area contributed by atoms with Crippen molar-refractivity contribution in [3.8, 4) is 11.5 Å². The fraction of sp³-hybridized carbons (Fsp3) is 0.500. The van der Waals surface area contributed by atoms with E-state index in [1.807, 2.05) is 0 Å². The predicted molar refractivity (Wildman–Crippen MR) is 58.9 cm³/mol. The van der Waals surface area contributed by atoms with Crippen LogP contribution in [0.2, 0.25) is 0 Å². The van der Waals surface area contributed by atoms with Crippen LogP contribution in [0, 0.1) is 11.7 Å². The lowest BCUT2D eigenvalue weighted by atomic mass is 10.0. The number of aromatic hydroxyl groups is 1. The van der Waals surface area contributed by atoms with Crippen LogP contribution >= 0.6 is 0 Å². The summed E-state index contributed by atoms with van der Waals surface area (Å²) in [5.41, 5.74) is 6.38. The summed E-state index contributed by atoms with van der Waals surface area (Å²) in [4.78, 5) is 0. The lowest BCUT2D eigenvalue weighted by Gasteiger charge is -2.15. The zero-order valence-electron chi connectivity index (χ0n) is 9.24. The van der Waals surface area contributed by atoms with Crippen LogP contribution < -0.4 is 10.5 Å². The number of hydrogen-bond acceptors (Lipinski definition) is 3. The minimum absolute atomic E-state index is 0.0444. The standard InChI is InChI=1S/C12H16FNO2/c1-16-11-6-8(13)5-9(12(11)15)10(14)4-7-2-3-7/h5-7,10,15H,2-4,14H2,1H3/t10-/m1/s1. The summed E-state index contributed by atoms with van der Waals surface area (Å²) < 4.78 is 18.2. The molecule has 1 aliphatic rings. The summed E-state index contributed by atoms with van der Waals surface area (Å²) in [6.07, 6.45) is 3.15. The highest BCUT2D eigenvalue weighted by Crippen LogP contribution is 2.41. The highest BCUT2D eigenvalue weighted by atomic mass is 19.1. The van der Waals surface area contributed by atoms with Crippen molar-refractivity contribution in [2.75, 3.05) is 7.11 Å². The number of benzene rings is 1. The molecule has 0 amide bonds. The van der Waals surface area contributed by atoms with Gasteiger partial charge in [-0.05, 0) is 18.4 Å². The van der Waals surface area contributed by atoms with E-state index in [-0.39, 0.29) is 17.5 Å². The van der Waals surface area contributed by atoms with E-state index in [1.54, 1.807) is 0 Å². The molecule has 0 aromatic heterocycles. The Balaban J connectivity index is 2.26. The number of rotatable bonds is 4. The molecule has 1 saturated carbocycles. The Hall–Kier alpha value is -1.29. The maximum Gasteiger partial charge on any atom is 0.163 e. The Morgan fingerprint density at radius 1 is 1.56 bits per heavy atom. The van der Waals surface area contributed by atoms with Crippen LogP contribution in [0.15, 0.2) is 12.1 Å². The summed E-state index contributed by atoms with van der Waals surface area (Å²) in [6, 6.07) is 2.12. The third-order valence-corrected chi connectivity index (χ3v) is 2.97. The predicted octanol–water partition coefficient (Wildman–Crippen LogP) is 2.34. The number of ether oxygens (including phenoxy) is 1. The Labute approximate surface area is 94.0 Å². The zero-order valence-corrected chi connectivity index (χ0v) is 9.24. The van der Waals surface area contributed by atoms with Gasteiger partial charge in [0.1, 0.15) is 5.82 Å². The van der Waals surface area contributed by atoms with Gasteiger partial charge >= 0.3 is 0 Å². The molecule has 1 aliphatic carbocycles. The molecule has 1 aromatic rings. The van der Waals surface area contributed by atoms with Crippen LogP contribution in [0.3, 0.4) is 0 Å². The Bertz CT molecular complexity index is 391. The smallest absolute Gasteiger partial charge is 0.163 e. The molecule has 3 nitrogen and oxygen atoms in total. The minimum atomic E-state index is -0.434. The van der Waals surface area contributed by atoms with Crippen molar-refractivity contribution in [2.24, 2.45) is 11.7 Å². The summed E-state index contributed by atoms with van der Waals surface area (Å²) in [5.74, 6) is 0.290. The van der Waals surface area contributed by atoms with Crippen LogP contribution in [-0.4, -0.2) is 12.2 Å². The molecule has 4 heteroatoms. The SMILES string of the molecule is COc1cc(F)cc([C@H](N)CC2CC2)c1O. The Morgan fingerprint density at radius 3 is 2.81 bits per heavy atom. The molecule has 0 saturated heterocycles. The van der Waals surface area contributed by atoms with Crippen molar-refractivity contribution in [3.63, 3.8) is 0 Å². The molecule has 88 valence electrons. The first-order valence-corrected chi connectivity index (χ1v) is 5.43. The lowest BCUT2D eigenvalue weighted by molar-refractivity contribution is 0.363. The van der Waals surface area contributed by atoms with E-state index in [4.69, 9.17) is 10.5 Å². The second-order valence-corrected chi connectivity index (χ2v) is 4.33. The normalized spacial score (nSPS) is 17.2. The summed E-state index contributed by atoms with van der Waals surface area (Å²) in [7, 11) is 1.39. The van der Waals surface area contributed by atoms with E-state index in [9.17, 15) is 9.50 Å². The molecule has 16 heavy (non-hydrogen) atoms. The quantitative estimate of drug-likeness (QED) is 0.827. The first-order valence-electron chi connectivity index (χ1n) is 5.43. The van der Waals surface area contributed by atoms with Gasteiger partial charge in [-0.2, -0.15) is 0 Å². The van der Waals surface area contributed by atoms with Gasteiger partial charge in [-0.1, -0.05) is 12.8 Å². The van der Waals surface area contributed by atoms with Crippen LogP contribution in [0.4, 0.5) is 4.39 Å². The van der Waals surface area contributed by atoms with Gasteiger partial charge in [0.2, 0.25) is 0 Å². The number of hydrogen-bond donors (Lipinski definition) is 2. The first kappa shape index (κ1) is 11.2. The Kier molecular flexibility index (Phi) is 3.01. The molecular formula is C12H16FNO2. The monoisotopic (exact) mass is 225 g/mol. The fourth-order valence-corrected chi connectivity index (χ4v) is 1.87. The topological polar surface area (TPSA) is 55.5 Å². The maximum absolute atomic E-state index is 13.3. The third kappa shape index (κ3) is 2.27. The van der Waals surface area contributed by atoms with Crippen molar-refractivity contribution >= 4 is 0 Å². The van der Waals surface area contributed by atoms with Crippen LogP contribution in [-0.2, 0) is 0 Å². The van der Waals surface area contributed by atoms with Gasteiger partial charge in [0.25, 0.3) is 0 Å². The molecule has 0 radical (unpaired) electrons. The summed E-state index contributed by atoms with van der Waals surface area (Å²) in [6.45, 7) is 0. The Morgan fingerprint density at radius 2 is 2.25 bits per heavy atom. The van der Waals surface area contributed by atoms with Crippen molar-refractivity contribution in [2.45, 2.75) is 25.3 Å². The van der Waals surface area contributed by atoms with E-state index in [2.05, 4.69) is 0 Å². The molecular weight excluding hydrogens is 209 g/mol. The number of methoxy groups -OCH3 is 1. The average Bonchev–Trinajstić information content (AvgIpc) is 3.04. The highest BCUT2D eigenvalue weighted by Gasteiger charge is 2.26. The molecule has 2 rings (SSSR count). The van der Waals surface area contributed by atoms with Gasteiger partial charge in [-0.25, -0.2) is 4.39 Å². The second-order valence-electron chi connectivity index (χ2n) is 4.33. The van der Waals surface area contributed by atoms with Crippen molar-refractivity contribution in [1.29, 1.82) is 0 Å². The molecule has 1 aromatic carbocycles. The third-order valence-electron chi connectivity index (χ3n) is 2.97. The summed E-state index contributed by atoms with van der Waals surface area (Å²) >= 11 is 0. The molecule has 0 unspecified atom stereocenters. The summed E-state index contributed by atoms with van der Waals surface area (Å²) in [5, 5.41) is 9.85. The largest absolute Gasteiger partial charge is 0.504 e. The van der Waals surface area contributed by atoms with E-state index in [0.717, 1.165) is 12.5 Å². The number of halogens is 1. The highest BCUT2D eigenvalue weighted by molar-refractivity contribution is 5.47. The van der Waals surface area contributed by atoms with Crippen molar-refractivity contribution < 1.29 is 14.2 Å². The number of phenols is 1. The molecule has 0 heterocycles. The minimum Gasteiger partial charge on any atom is -0.504 e. The van der Waals surface area contributed by atoms with Crippen molar-refractivity contribution in [3.05, 3.63) is 23.5 Å². The van der Waals surface area contributed by atoms with Gasteiger partial charge in [0.15, 0.2) is 11.5 Å². The van der Waals surface area contributed by atoms with Crippen LogP contribution in [0.5, 0.6) is 11.5 Å². The van der Waals surface area contributed by atoms with Gasteiger partial charge in [0.05, 0.1) is 7.11 Å². The van der Waals surface area contributed by atoms with Crippen LogP contribution in [0.1, 0.15) is 30.9 Å². The van der Waals surface area contributed by atoms with Gasteiger partial charge in [0, 0.05) is 17.7 Å². The molecule has 1 fully saturated rings. The maximum atomic E-state index is 13.3. The molecule has 0 spiro atoms. The molecule has 1 atom stereocenters. The zero-order chi connectivity index (χ0) is 11.7. The van der Waals surface area contributed by atoms with E-state index >= 15 is 0 Å². The molecule has 0 bridgehead atoms. The average molecular weight is 225 g/mol. The number of phenolic OH excluding ortho intramolecular Hbond substituents is 1. The number of nitrogens with two attached hydrogens (primary N) is 1. The van der Waals surface area contributed by atoms with Crippen molar-refractivity contribution in [1.82, 2.24) is 0 Å². The van der Waals surface area contributed by atoms with Gasteiger partial charge < -0.3 is 15.6 Å². The van der Waals surface area contributed by atoms with Gasteiger partial charge in [-0.15, -0.1) is 0 Å². The van der Waals surface area contributed by atoms with E-state index in [1.165, 1.54) is 26.0 Å². The second kappa shape index (κ2) is 4.29. The fourth-order valence-electron chi connectivity index (χ4n) is 1.87. The first-order chi connectivity index (χ1) is 7.61. The van der Waals surface area contributed by atoms with E-state index < -0.39 is 5.82 Å².